The Morgan fingerprint density at radius 2 is 2.28 bits per heavy atom. The number of rotatable bonds is 4. The van der Waals surface area contributed by atoms with Gasteiger partial charge in [-0.1, -0.05) is 25.9 Å². The number of nitrogens with zero attached hydrogens (tertiary/aromatic N) is 3. The van der Waals surface area contributed by atoms with E-state index in [4.69, 9.17) is 15.0 Å². The summed E-state index contributed by atoms with van der Waals surface area (Å²) in [6.45, 7) is 9.69. The third kappa shape index (κ3) is 2.88. The van der Waals surface area contributed by atoms with E-state index in [0.717, 1.165) is 19.6 Å². The van der Waals surface area contributed by atoms with Crippen LogP contribution < -0.4 is 5.73 Å². The molecular weight excluding hydrogens is 232 g/mol. The Hall–Kier alpha value is -0.980. The first-order valence-electron chi connectivity index (χ1n) is 6.54. The second-order valence-electron chi connectivity index (χ2n) is 5.01. The van der Waals surface area contributed by atoms with E-state index in [0.29, 0.717) is 18.3 Å². The van der Waals surface area contributed by atoms with Crippen LogP contribution in [0.15, 0.2) is 4.52 Å². The second kappa shape index (κ2) is 5.77. The lowest BCUT2D eigenvalue weighted by atomic mass is 10.1. The van der Waals surface area contributed by atoms with Crippen LogP contribution in [0.2, 0.25) is 0 Å². The number of hydrogen-bond acceptors (Lipinski definition) is 6. The summed E-state index contributed by atoms with van der Waals surface area (Å²) in [4.78, 5) is 6.68. The minimum absolute atomic E-state index is 0.101. The summed E-state index contributed by atoms with van der Waals surface area (Å²) < 4.78 is 10.9. The zero-order chi connectivity index (χ0) is 13.1. The molecule has 2 N–H and O–H groups in total. The zero-order valence-corrected chi connectivity index (χ0v) is 11.3. The molecule has 6 nitrogen and oxygen atoms in total. The largest absolute Gasteiger partial charge is 0.367 e. The number of hydrogen-bond donors (Lipinski definition) is 1. The van der Waals surface area contributed by atoms with Crippen molar-refractivity contribution < 1.29 is 9.26 Å². The van der Waals surface area contributed by atoms with Gasteiger partial charge in [-0.25, -0.2) is 0 Å². The Balaban J connectivity index is 2.05. The molecule has 2 atom stereocenters. The maximum atomic E-state index is 5.99. The zero-order valence-electron chi connectivity index (χ0n) is 11.3. The smallest absolute Gasteiger partial charge is 0.243 e. The average Bonchev–Trinajstić information content (AvgIpc) is 2.87. The minimum Gasteiger partial charge on any atom is -0.367 e. The summed E-state index contributed by atoms with van der Waals surface area (Å²) in [6.07, 6.45) is -0.101. The highest BCUT2D eigenvalue weighted by Crippen LogP contribution is 2.22. The molecule has 1 aromatic rings. The van der Waals surface area contributed by atoms with E-state index in [2.05, 4.69) is 22.0 Å². The Morgan fingerprint density at radius 1 is 1.50 bits per heavy atom. The first kappa shape index (κ1) is 13.5. The van der Waals surface area contributed by atoms with Gasteiger partial charge in [0.1, 0.15) is 6.10 Å². The molecule has 2 rings (SSSR count). The van der Waals surface area contributed by atoms with Gasteiger partial charge in [-0.15, -0.1) is 0 Å². The number of morpholine rings is 1. The predicted molar refractivity (Wildman–Crippen MR) is 66.9 cm³/mol. The quantitative estimate of drug-likeness (QED) is 0.867. The molecule has 18 heavy (non-hydrogen) atoms. The van der Waals surface area contributed by atoms with E-state index in [9.17, 15) is 0 Å². The monoisotopic (exact) mass is 254 g/mol. The van der Waals surface area contributed by atoms with Gasteiger partial charge >= 0.3 is 0 Å². The molecule has 0 saturated carbocycles. The number of likely N-dealkylation sites (N-methyl/N-ethyl adjacent to an activating group) is 1. The lowest BCUT2D eigenvalue weighted by molar-refractivity contribution is -0.0334. The second-order valence-corrected chi connectivity index (χ2v) is 5.01. The molecule has 0 aromatic carbocycles. The van der Waals surface area contributed by atoms with Crippen LogP contribution in [0.5, 0.6) is 0 Å². The summed E-state index contributed by atoms with van der Waals surface area (Å²) in [6, 6.07) is -0.211. The van der Waals surface area contributed by atoms with Crippen molar-refractivity contribution >= 4 is 0 Å². The van der Waals surface area contributed by atoms with Gasteiger partial charge in [0, 0.05) is 13.1 Å². The molecule has 1 aliphatic heterocycles. The van der Waals surface area contributed by atoms with Crippen LogP contribution in [0.3, 0.4) is 0 Å². The Morgan fingerprint density at radius 3 is 2.94 bits per heavy atom. The number of nitrogens with two attached hydrogens (primary N) is 1. The molecule has 102 valence electrons. The Labute approximate surface area is 107 Å². The van der Waals surface area contributed by atoms with Crippen molar-refractivity contribution in [3.05, 3.63) is 11.7 Å². The van der Waals surface area contributed by atoms with Crippen molar-refractivity contribution in [3.63, 3.8) is 0 Å². The highest BCUT2D eigenvalue weighted by molar-refractivity contribution is 4.97. The molecule has 0 spiro atoms. The van der Waals surface area contributed by atoms with Crippen LogP contribution in [-0.2, 0) is 4.74 Å². The fraction of sp³-hybridized carbons (Fsp3) is 0.833. The summed E-state index contributed by atoms with van der Waals surface area (Å²) in [5, 5.41) is 3.99. The van der Waals surface area contributed by atoms with Crippen LogP contribution in [0.4, 0.5) is 0 Å². The first-order chi connectivity index (χ1) is 8.61. The number of ether oxygens (including phenoxy) is 1. The van der Waals surface area contributed by atoms with Crippen LogP contribution in [0, 0.1) is 5.92 Å². The van der Waals surface area contributed by atoms with E-state index < -0.39 is 0 Å². The van der Waals surface area contributed by atoms with E-state index in [1.165, 1.54) is 0 Å². The number of aromatic nitrogens is 2. The van der Waals surface area contributed by atoms with Crippen LogP contribution >= 0.6 is 0 Å². The van der Waals surface area contributed by atoms with Gasteiger partial charge in [0.2, 0.25) is 11.7 Å². The standard InChI is InChI=1S/C12H22N4O2/c1-4-16-5-6-17-9(7-16)11-14-12(18-15-11)10(13)8(2)3/h8-10H,4-7,13H2,1-3H3/t9?,10-/m1/s1. The fourth-order valence-electron chi connectivity index (χ4n) is 1.94. The molecule has 1 fully saturated rings. The van der Waals surface area contributed by atoms with E-state index in [1.807, 2.05) is 13.8 Å². The van der Waals surface area contributed by atoms with Crippen LogP contribution in [-0.4, -0.2) is 41.3 Å². The molecule has 1 saturated heterocycles. The normalized spacial score (nSPS) is 23.5. The van der Waals surface area contributed by atoms with Crippen molar-refractivity contribution in [1.82, 2.24) is 15.0 Å². The predicted octanol–water partition coefficient (Wildman–Crippen LogP) is 1.12. The third-order valence-electron chi connectivity index (χ3n) is 3.35. The molecule has 0 bridgehead atoms. The van der Waals surface area contributed by atoms with Crippen molar-refractivity contribution in [2.24, 2.45) is 11.7 Å². The summed E-state index contributed by atoms with van der Waals surface area (Å²) >= 11 is 0. The molecular formula is C12H22N4O2. The van der Waals surface area contributed by atoms with Gasteiger partial charge in [0.25, 0.3) is 0 Å². The topological polar surface area (TPSA) is 77.4 Å². The molecule has 0 amide bonds. The highest BCUT2D eigenvalue weighted by Gasteiger charge is 2.27. The molecule has 1 unspecified atom stereocenters. The van der Waals surface area contributed by atoms with Gasteiger partial charge in [-0.05, 0) is 12.5 Å². The molecule has 1 aromatic heterocycles. The molecule has 1 aliphatic rings. The molecule has 2 heterocycles. The first-order valence-corrected chi connectivity index (χ1v) is 6.54. The summed E-state index contributed by atoms with van der Waals surface area (Å²) in [5.74, 6) is 1.38. The summed E-state index contributed by atoms with van der Waals surface area (Å²) in [5.41, 5.74) is 5.99. The third-order valence-corrected chi connectivity index (χ3v) is 3.35. The van der Waals surface area contributed by atoms with Gasteiger partial charge < -0.3 is 15.0 Å². The lowest BCUT2D eigenvalue weighted by Gasteiger charge is -2.30. The summed E-state index contributed by atoms with van der Waals surface area (Å²) in [7, 11) is 0. The van der Waals surface area contributed by atoms with Gasteiger partial charge in [0.15, 0.2) is 0 Å². The fourth-order valence-corrected chi connectivity index (χ4v) is 1.94. The molecule has 0 radical (unpaired) electrons. The van der Waals surface area contributed by atoms with Gasteiger partial charge in [-0.2, -0.15) is 4.98 Å². The Bertz CT molecular complexity index is 380. The highest BCUT2D eigenvalue weighted by atomic mass is 16.5. The van der Waals surface area contributed by atoms with Crippen LogP contribution in [0.1, 0.15) is 44.6 Å². The van der Waals surface area contributed by atoms with E-state index in [-0.39, 0.29) is 18.1 Å². The molecule has 6 heteroatoms. The lowest BCUT2D eigenvalue weighted by Crippen LogP contribution is -2.38. The van der Waals surface area contributed by atoms with Crippen molar-refractivity contribution in [2.45, 2.75) is 32.9 Å². The SMILES string of the molecule is CCN1CCOC(c2noc([C@H](N)C(C)C)n2)C1. The van der Waals surface area contributed by atoms with Crippen molar-refractivity contribution in [2.75, 3.05) is 26.2 Å². The van der Waals surface area contributed by atoms with E-state index >= 15 is 0 Å². The minimum atomic E-state index is -0.211. The van der Waals surface area contributed by atoms with Crippen LogP contribution in [0.25, 0.3) is 0 Å². The average molecular weight is 254 g/mol. The maximum Gasteiger partial charge on any atom is 0.243 e. The maximum absolute atomic E-state index is 5.99. The van der Waals surface area contributed by atoms with E-state index in [1.54, 1.807) is 0 Å². The van der Waals surface area contributed by atoms with Gasteiger partial charge in [0.05, 0.1) is 12.6 Å². The van der Waals surface area contributed by atoms with Gasteiger partial charge in [-0.3, -0.25) is 4.90 Å². The molecule has 0 aliphatic carbocycles. The van der Waals surface area contributed by atoms with Crippen molar-refractivity contribution in [1.29, 1.82) is 0 Å². The Kier molecular flexibility index (Phi) is 4.31. The van der Waals surface area contributed by atoms with Crippen molar-refractivity contribution in [3.8, 4) is 0 Å².